The SMILES string of the molecule is CC.CC1CCN(S(=O)(=O)c2cnn(C)c2)CC1. The highest BCUT2D eigenvalue weighted by Gasteiger charge is 2.28. The number of nitrogens with zero attached hydrogens (tertiary/aromatic N) is 3. The first-order chi connectivity index (χ1) is 8.50. The number of piperidine rings is 1. The third-order valence-electron chi connectivity index (χ3n) is 3.06. The summed E-state index contributed by atoms with van der Waals surface area (Å²) in [4.78, 5) is 0.296. The maximum Gasteiger partial charge on any atom is 0.246 e. The number of aromatic nitrogens is 2. The second-order valence-electron chi connectivity index (χ2n) is 4.44. The van der Waals surface area contributed by atoms with Gasteiger partial charge in [-0.2, -0.15) is 9.40 Å². The maximum atomic E-state index is 12.2. The predicted molar refractivity (Wildman–Crippen MR) is 71.7 cm³/mol. The van der Waals surface area contributed by atoms with Gasteiger partial charge in [-0.1, -0.05) is 20.8 Å². The van der Waals surface area contributed by atoms with Crippen LogP contribution >= 0.6 is 0 Å². The molecule has 0 aromatic carbocycles. The number of hydrogen-bond acceptors (Lipinski definition) is 3. The minimum Gasteiger partial charge on any atom is -0.274 e. The molecular formula is C12H23N3O2S. The Bertz CT molecular complexity index is 459. The second-order valence-corrected chi connectivity index (χ2v) is 6.37. The molecular weight excluding hydrogens is 250 g/mol. The lowest BCUT2D eigenvalue weighted by Gasteiger charge is -2.28. The van der Waals surface area contributed by atoms with Gasteiger partial charge in [0.25, 0.3) is 0 Å². The van der Waals surface area contributed by atoms with Crippen molar-refractivity contribution in [3.63, 3.8) is 0 Å². The summed E-state index contributed by atoms with van der Waals surface area (Å²) in [6.07, 6.45) is 4.85. The highest BCUT2D eigenvalue weighted by molar-refractivity contribution is 7.89. The average Bonchev–Trinajstić information content (AvgIpc) is 2.80. The molecule has 0 bridgehead atoms. The predicted octanol–water partition coefficient (Wildman–Crippen LogP) is 1.87. The van der Waals surface area contributed by atoms with Gasteiger partial charge in [-0.15, -0.1) is 0 Å². The molecule has 1 aliphatic heterocycles. The van der Waals surface area contributed by atoms with Crippen molar-refractivity contribution in [3.05, 3.63) is 12.4 Å². The molecule has 18 heavy (non-hydrogen) atoms. The molecule has 1 saturated heterocycles. The Kier molecular flexibility index (Phi) is 5.34. The van der Waals surface area contributed by atoms with Crippen LogP contribution in [0.2, 0.25) is 0 Å². The molecule has 0 amide bonds. The fourth-order valence-corrected chi connectivity index (χ4v) is 3.36. The van der Waals surface area contributed by atoms with E-state index in [9.17, 15) is 8.42 Å². The Balaban J connectivity index is 0.000000771. The molecule has 6 heteroatoms. The Hall–Kier alpha value is -0.880. The van der Waals surface area contributed by atoms with E-state index in [0.717, 1.165) is 12.8 Å². The first-order valence-electron chi connectivity index (χ1n) is 6.49. The van der Waals surface area contributed by atoms with Crippen LogP contribution in [0.3, 0.4) is 0 Å². The lowest BCUT2D eigenvalue weighted by atomic mass is 10.0. The second kappa shape index (κ2) is 6.33. The van der Waals surface area contributed by atoms with Gasteiger partial charge in [0, 0.05) is 26.3 Å². The van der Waals surface area contributed by atoms with Gasteiger partial charge in [-0.3, -0.25) is 4.68 Å². The average molecular weight is 273 g/mol. The monoisotopic (exact) mass is 273 g/mol. The van der Waals surface area contributed by atoms with Crippen molar-refractivity contribution in [2.24, 2.45) is 13.0 Å². The Morgan fingerprint density at radius 2 is 1.83 bits per heavy atom. The van der Waals surface area contributed by atoms with E-state index in [1.807, 2.05) is 13.8 Å². The fourth-order valence-electron chi connectivity index (χ4n) is 1.91. The molecule has 1 aromatic heterocycles. The summed E-state index contributed by atoms with van der Waals surface area (Å²) in [5.41, 5.74) is 0. The van der Waals surface area contributed by atoms with Crippen LogP contribution in [-0.4, -0.2) is 35.6 Å². The summed E-state index contributed by atoms with van der Waals surface area (Å²) >= 11 is 0. The van der Waals surface area contributed by atoms with Crippen LogP contribution in [0.15, 0.2) is 17.3 Å². The summed E-state index contributed by atoms with van der Waals surface area (Å²) in [5.74, 6) is 0.625. The van der Waals surface area contributed by atoms with Crippen LogP contribution in [0.1, 0.15) is 33.6 Å². The van der Waals surface area contributed by atoms with Crippen molar-refractivity contribution in [3.8, 4) is 0 Å². The summed E-state index contributed by atoms with van der Waals surface area (Å²) < 4.78 is 27.4. The van der Waals surface area contributed by atoms with Crippen LogP contribution < -0.4 is 0 Å². The summed E-state index contributed by atoms with van der Waals surface area (Å²) in [6, 6.07) is 0. The first-order valence-corrected chi connectivity index (χ1v) is 7.93. The quantitative estimate of drug-likeness (QED) is 0.826. The zero-order chi connectivity index (χ0) is 13.8. The van der Waals surface area contributed by atoms with Gasteiger partial charge >= 0.3 is 0 Å². The largest absolute Gasteiger partial charge is 0.274 e. The maximum absolute atomic E-state index is 12.2. The Morgan fingerprint density at radius 3 is 2.28 bits per heavy atom. The topological polar surface area (TPSA) is 55.2 Å². The highest BCUT2D eigenvalue weighted by atomic mass is 32.2. The number of aryl methyl sites for hydroxylation is 1. The lowest BCUT2D eigenvalue weighted by molar-refractivity contribution is 0.288. The molecule has 0 radical (unpaired) electrons. The molecule has 0 saturated carbocycles. The smallest absolute Gasteiger partial charge is 0.246 e. The van der Waals surface area contributed by atoms with Gasteiger partial charge in [-0.25, -0.2) is 8.42 Å². The van der Waals surface area contributed by atoms with Crippen molar-refractivity contribution in [2.75, 3.05) is 13.1 Å². The Labute approximate surface area is 110 Å². The number of sulfonamides is 1. The standard InChI is InChI=1S/C10H17N3O2S.C2H6/c1-9-3-5-13(6-4-9)16(14,15)10-7-11-12(2)8-10;1-2/h7-9H,3-6H2,1-2H3;1-2H3. The van der Waals surface area contributed by atoms with Gasteiger partial charge in [-0.05, 0) is 18.8 Å². The van der Waals surface area contributed by atoms with Gasteiger partial charge in [0.2, 0.25) is 10.0 Å². The van der Waals surface area contributed by atoms with Gasteiger partial charge in [0.05, 0.1) is 6.20 Å². The van der Waals surface area contributed by atoms with E-state index in [-0.39, 0.29) is 0 Å². The summed E-state index contributed by atoms with van der Waals surface area (Å²) in [7, 11) is -1.60. The molecule has 0 N–H and O–H groups in total. The zero-order valence-corrected chi connectivity index (χ0v) is 12.4. The highest BCUT2D eigenvalue weighted by Crippen LogP contribution is 2.22. The van der Waals surface area contributed by atoms with Crippen molar-refractivity contribution >= 4 is 10.0 Å². The van der Waals surface area contributed by atoms with E-state index in [2.05, 4.69) is 12.0 Å². The van der Waals surface area contributed by atoms with Crippen molar-refractivity contribution in [2.45, 2.75) is 38.5 Å². The summed E-state index contributed by atoms with van der Waals surface area (Å²) in [5, 5.41) is 3.90. The first kappa shape index (κ1) is 15.2. The van der Waals surface area contributed by atoms with Crippen LogP contribution in [-0.2, 0) is 17.1 Å². The zero-order valence-electron chi connectivity index (χ0n) is 11.6. The van der Waals surface area contributed by atoms with Gasteiger partial charge in [0.15, 0.2) is 0 Å². The van der Waals surface area contributed by atoms with Crippen molar-refractivity contribution in [1.29, 1.82) is 0 Å². The van der Waals surface area contributed by atoms with Crippen LogP contribution in [0.5, 0.6) is 0 Å². The van der Waals surface area contributed by atoms with Gasteiger partial charge < -0.3 is 0 Å². The molecule has 5 nitrogen and oxygen atoms in total. The van der Waals surface area contributed by atoms with E-state index < -0.39 is 10.0 Å². The molecule has 0 spiro atoms. The Morgan fingerprint density at radius 1 is 1.28 bits per heavy atom. The molecule has 0 atom stereocenters. The van der Waals surface area contributed by atoms with E-state index >= 15 is 0 Å². The number of rotatable bonds is 2. The van der Waals surface area contributed by atoms with Crippen LogP contribution in [0, 0.1) is 5.92 Å². The molecule has 0 unspecified atom stereocenters. The third-order valence-corrected chi connectivity index (χ3v) is 4.91. The minimum absolute atomic E-state index is 0.296. The van der Waals surface area contributed by atoms with Crippen LogP contribution in [0.4, 0.5) is 0 Å². The van der Waals surface area contributed by atoms with Crippen molar-refractivity contribution in [1.82, 2.24) is 14.1 Å². The molecule has 104 valence electrons. The molecule has 2 heterocycles. The molecule has 1 aromatic rings. The lowest BCUT2D eigenvalue weighted by Crippen LogP contribution is -2.37. The van der Waals surface area contributed by atoms with Gasteiger partial charge in [0.1, 0.15) is 4.90 Å². The van der Waals surface area contributed by atoms with E-state index in [1.165, 1.54) is 10.9 Å². The van der Waals surface area contributed by atoms with Crippen molar-refractivity contribution < 1.29 is 8.42 Å². The van der Waals surface area contributed by atoms with E-state index in [0.29, 0.717) is 23.9 Å². The molecule has 1 fully saturated rings. The van der Waals surface area contributed by atoms with E-state index in [4.69, 9.17) is 0 Å². The molecule has 0 aliphatic carbocycles. The summed E-state index contributed by atoms with van der Waals surface area (Å²) in [6.45, 7) is 7.41. The minimum atomic E-state index is -3.31. The van der Waals surface area contributed by atoms with E-state index in [1.54, 1.807) is 17.5 Å². The third kappa shape index (κ3) is 3.32. The molecule has 1 aliphatic rings. The number of hydrogen-bond donors (Lipinski definition) is 0. The normalized spacial score (nSPS) is 18.2. The molecule has 2 rings (SSSR count). The fraction of sp³-hybridized carbons (Fsp3) is 0.750. The van der Waals surface area contributed by atoms with Crippen LogP contribution in [0.25, 0.3) is 0 Å².